The van der Waals surface area contributed by atoms with Crippen LogP contribution < -0.4 is 0 Å². The third-order valence-corrected chi connectivity index (χ3v) is 4.53. The van der Waals surface area contributed by atoms with E-state index < -0.39 is 11.9 Å². The van der Waals surface area contributed by atoms with Gasteiger partial charge >= 0.3 is 5.97 Å². The topological polar surface area (TPSA) is 57.6 Å². The van der Waals surface area contributed by atoms with Crippen molar-refractivity contribution in [2.24, 2.45) is 17.8 Å². The van der Waals surface area contributed by atoms with E-state index in [-0.39, 0.29) is 11.8 Å². The molecule has 2 aliphatic carbocycles. The van der Waals surface area contributed by atoms with E-state index >= 15 is 0 Å². The first-order valence-corrected chi connectivity index (χ1v) is 7.07. The molecule has 4 heteroatoms. The normalized spacial score (nSPS) is 28.5. The number of hydrogen-bond donors (Lipinski definition) is 1. The fourth-order valence-electron chi connectivity index (χ4n) is 3.50. The molecule has 18 heavy (non-hydrogen) atoms. The maximum atomic E-state index is 12.3. The molecule has 0 spiro atoms. The lowest BCUT2D eigenvalue weighted by Crippen LogP contribution is -2.38. The van der Waals surface area contributed by atoms with Gasteiger partial charge in [-0.15, -0.1) is 0 Å². The Morgan fingerprint density at radius 2 is 1.67 bits per heavy atom. The van der Waals surface area contributed by atoms with E-state index in [0.29, 0.717) is 12.3 Å². The molecular weight excluding hydrogens is 230 g/mol. The Morgan fingerprint density at radius 3 is 2.28 bits per heavy atom. The highest BCUT2D eigenvalue weighted by molar-refractivity contribution is 5.85. The molecule has 2 aliphatic rings. The van der Waals surface area contributed by atoms with E-state index in [2.05, 4.69) is 0 Å². The maximum absolute atomic E-state index is 12.3. The van der Waals surface area contributed by atoms with Crippen molar-refractivity contribution in [1.29, 1.82) is 0 Å². The molecule has 0 aliphatic heterocycles. The van der Waals surface area contributed by atoms with Crippen molar-refractivity contribution in [2.75, 3.05) is 13.6 Å². The van der Waals surface area contributed by atoms with Crippen LogP contribution in [0.1, 0.15) is 44.9 Å². The van der Waals surface area contributed by atoms with Crippen LogP contribution in [0, 0.1) is 17.8 Å². The second-order valence-electron chi connectivity index (χ2n) is 5.85. The average molecular weight is 253 g/mol. The lowest BCUT2D eigenvalue weighted by atomic mass is 9.94. The lowest BCUT2D eigenvalue weighted by Gasteiger charge is -2.25. The molecule has 2 fully saturated rings. The number of carbonyl (C=O) groups is 2. The second kappa shape index (κ2) is 5.72. The Morgan fingerprint density at radius 1 is 1.06 bits per heavy atom. The fraction of sp³-hybridized carbons (Fsp3) is 0.857. The van der Waals surface area contributed by atoms with Crippen LogP contribution in [0.3, 0.4) is 0 Å². The summed E-state index contributed by atoms with van der Waals surface area (Å²) in [5.41, 5.74) is 0. The fourth-order valence-corrected chi connectivity index (χ4v) is 3.50. The van der Waals surface area contributed by atoms with E-state index in [1.165, 1.54) is 25.7 Å². The molecule has 1 N–H and O–H groups in total. The highest BCUT2D eigenvalue weighted by atomic mass is 16.4. The quantitative estimate of drug-likeness (QED) is 0.835. The second-order valence-corrected chi connectivity index (χ2v) is 5.85. The van der Waals surface area contributed by atoms with Crippen molar-refractivity contribution in [3.8, 4) is 0 Å². The molecule has 2 saturated carbocycles. The third kappa shape index (κ3) is 2.85. The number of hydrogen-bond acceptors (Lipinski definition) is 2. The van der Waals surface area contributed by atoms with Gasteiger partial charge in [-0.1, -0.05) is 19.3 Å². The standard InChI is InChI=1S/C14H23NO3/c1-15(9-10-5-2-3-6-10)13(16)11-7-4-8-12(11)14(17)18/h10-12H,2-9H2,1H3,(H,17,18)/t11-,12+/m1/s1. The summed E-state index contributed by atoms with van der Waals surface area (Å²) in [6.07, 6.45) is 7.23. The summed E-state index contributed by atoms with van der Waals surface area (Å²) in [6, 6.07) is 0. The van der Waals surface area contributed by atoms with Crippen molar-refractivity contribution in [3.05, 3.63) is 0 Å². The van der Waals surface area contributed by atoms with Crippen molar-refractivity contribution >= 4 is 11.9 Å². The van der Waals surface area contributed by atoms with Crippen LogP contribution in [0.5, 0.6) is 0 Å². The summed E-state index contributed by atoms with van der Waals surface area (Å²) in [6.45, 7) is 0.807. The van der Waals surface area contributed by atoms with Gasteiger partial charge in [-0.25, -0.2) is 0 Å². The van der Waals surface area contributed by atoms with E-state index in [4.69, 9.17) is 5.11 Å². The Bertz CT molecular complexity index is 323. The summed E-state index contributed by atoms with van der Waals surface area (Å²) >= 11 is 0. The first-order chi connectivity index (χ1) is 8.59. The maximum Gasteiger partial charge on any atom is 0.307 e. The predicted molar refractivity (Wildman–Crippen MR) is 68.1 cm³/mol. The number of carboxylic acids is 1. The molecule has 0 unspecified atom stereocenters. The molecule has 2 atom stereocenters. The lowest BCUT2D eigenvalue weighted by molar-refractivity contribution is -0.148. The highest BCUT2D eigenvalue weighted by Crippen LogP contribution is 2.34. The van der Waals surface area contributed by atoms with Gasteiger partial charge in [0, 0.05) is 13.6 Å². The number of amides is 1. The summed E-state index contributed by atoms with van der Waals surface area (Å²) < 4.78 is 0. The molecule has 0 heterocycles. The molecule has 0 aromatic carbocycles. The molecule has 0 aromatic heterocycles. The van der Waals surface area contributed by atoms with Crippen molar-refractivity contribution in [3.63, 3.8) is 0 Å². The molecule has 4 nitrogen and oxygen atoms in total. The average Bonchev–Trinajstić information content (AvgIpc) is 2.97. The van der Waals surface area contributed by atoms with Gasteiger partial charge in [-0.2, -0.15) is 0 Å². The Balaban J connectivity index is 1.90. The molecule has 2 rings (SSSR count). The van der Waals surface area contributed by atoms with Crippen LogP contribution in [0.4, 0.5) is 0 Å². The van der Waals surface area contributed by atoms with E-state index in [0.717, 1.165) is 19.4 Å². The zero-order valence-electron chi connectivity index (χ0n) is 11.1. The smallest absolute Gasteiger partial charge is 0.307 e. The van der Waals surface area contributed by atoms with Gasteiger partial charge in [0.15, 0.2) is 0 Å². The van der Waals surface area contributed by atoms with Crippen LogP contribution in [0.15, 0.2) is 0 Å². The van der Waals surface area contributed by atoms with Crippen LogP contribution in [-0.4, -0.2) is 35.5 Å². The Kier molecular flexibility index (Phi) is 4.25. The number of carbonyl (C=O) groups excluding carboxylic acids is 1. The van der Waals surface area contributed by atoms with Crippen molar-refractivity contribution in [2.45, 2.75) is 44.9 Å². The SMILES string of the molecule is CN(CC1CCCC1)C(=O)[C@@H]1CCC[C@@H]1C(=O)O. The molecule has 0 saturated heterocycles. The summed E-state index contributed by atoms with van der Waals surface area (Å²) in [5.74, 6) is -0.868. The molecule has 102 valence electrons. The van der Waals surface area contributed by atoms with E-state index in [1.54, 1.807) is 4.90 Å². The number of nitrogens with zero attached hydrogens (tertiary/aromatic N) is 1. The summed E-state index contributed by atoms with van der Waals surface area (Å²) in [7, 11) is 1.83. The van der Waals surface area contributed by atoms with Gasteiger partial charge in [0.1, 0.15) is 0 Å². The first kappa shape index (κ1) is 13.4. The zero-order valence-corrected chi connectivity index (χ0v) is 11.1. The van der Waals surface area contributed by atoms with Gasteiger partial charge < -0.3 is 10.0 Å². The minimum Gasteiger partial charge on any atom is -0.481 e. The number of carboxylic acid groups (broad SMARTS) is 1. The molecule has 0 aromatic rings. The summed E-state index contributed by atoms with van der Waals surface area (Å²) in [5, 5.41) is 9.13. The van der Waals surface area contributed by atoms with Gasteiger partial charge in [-0.3, -0.25) is 9.59 Å². The number of aliphatic carboxylic acids is 1. The third-order valence-electron chi connectivity index (χ3n) is 4.53. The van der Waals surface area contributed by atoms with Gasteiger partial charge in [0.25, 0.3) is 0 Å². The Labute approximate surface area is 108 Å². The van der Waals surface area contributed by atoms with Gasteiger partial charge in [0.05, 0.1) is 11.8 Å². The van der Waals surface area contributed by atoms with Gasteiger partial charge in [-0.05, 0) is 31.6 Å². The van der Waals surface area contributed by atoms with E-state index in [9.17, 15) is 9.59 Å². The highest BCUT2D eigenvalue weighted by Gasteiger charge is 2.39. The molecular formula is C14H23NO3. The minimum atomic E-state index is -0.805. The van der Waals surface area contributed by atoms with Crippen LogP contribution >= 0.6 is 0 Å². The summed E-state index contributed by atoms with van der Waals surface area (Å²) in [4.78, 5) is 25.2. The van der Waals surface area contributed by atoms with Crippen LogP contribution in [0.2, 0.25) is 0 Å². The molecule has 1 amide bonds. The number of rotatable bonds is 4. The molecule has 0 radical (unpaired) electrons. The van der Waals surface area contributed by atoms with E-state index in [1.807, 2.05) is 7.05 Å². The van der Waals surface area contributed by atoms with Crippen LogP contribution in [0.25, 0.3) is 0 Å². The minimum absolute atomic E-state index is 0.0480. The Hall–Kier alpha value is -1.06. The predicted octanol–water partition coefficient (Wildman–Crippen LogP) is 2.14. The van der Waals surface area contributed by atoms with Crippen molar-refractivity contribution < 1.29 is 14.7 Å². The van der Waals surface area contributed by atoms with Crippen LogP contribution in [-0.2, 0) is 9.59 Å². The van der Waals surface area contributed by atoms with Gasteiger partial charge in [0.2, 0.25) is 5.91 Å². The zero-order chi connectivity index (χ0) is 13.1. The first-order valence-electron chi connectivity index (χ1n) is 7.07. The van der Waals surface area contributed by atoms with Crippen molar-refractivity contribution in [1.82, 2.24) is 4.90 Å². The molecule has 0 bridgehead atoms. The largest absolute Gasteiger partial charge is 0.481 e. The monoisotopic (exact) mass is 253 g/mol.